The predicted molar refractivity (Wildman–Crippen MR) is 45.2 cm³/mol. The van der Waals surface area contributed by atoms with Crippen LogP contribution in [0.2, 0.25) is 0 Å². The monoisotopic (exact) mass is 166 g/mol. The zero-order chi connectivity index (χ0) is 8.72. The number of cyclic esters (lactones) is 1. The van der Waals surface area contributed by atoms with Gasteiger partial charge in [-0.2, -0.15) is 0 Å². The number of rotatable bonds is 0. The molecule has 1 aliphatic heterocycles. The van der Waals surface area contributed by atoms with E-state index >= 15 is 0 Å². The van der Waals surface area contributed by atoms with Gasteiger partial charge in [-0.05, 0) is 37.2 Å². The molecule has 12 heavy (non-hydrogen) atoms. The fourth-order valence-electron chi connectivity index (χ4n) is 2.42. The number of fused-ring (bicyclic) bond motifs is 1. The van der Waals surface area contributed by atoms with Crippen LogP contribution < -0.4 is 0 Å². The van der Waals surface area contributed by atoms with Crippen molar-refractivity contribution in [3.63, 3.8) is 0 Å². The van der Waals surface area contributed by atoms with Crippen LogP contribution in [0.25, 0.3) is 0 Å². The van der Waals surface area contributed by atoms with Crippen LogP contribution >= 0.6 is 0 Å². The van der Waals surface area contributed by atoms with Crippen LogP contribution in [0.1, 0.15) is 26.7 Å². The molecule has 1 aliphatic carbocycles. The Bertz CT molecular complexity index is 242. The zero-order valence-electron chi connectivity index (χ0n) is 7.54. The second kappa shape index (κ2) is 2.61. The van der Waals surface area contributed by atoms with Crippen LogP contribution in [-0.2, 0) is 9.53 Å². The number of allylic oxidation sites excluding steroid dienone is 1. The SMILES string of the molecule is CC1=COC(=O)[C@@H]2C1CC[C@@H]2C. The molecule has 0 spiro atoms. The molecule has 0 amide bonds. The van der Waals surface area contributed by atoms with Gasteiger partial charge in [0.25, 0.3) is 0 Å². The molecule has 0 aromatic rings. The molecular weight excluding hydrogens is 152 g/mol. The third kappa shape index (κ3) is 0.977. The van der Waals surface area contributed by atoms with Gasteiger partial charge in [0.15, 0.2) is 0 Å². The van der Waals surface area contributed by atoms with Gasteiger partial charge in [0.05, 0.1) is 12.2 Å². The highest BCUT2D eigenvalue weighted by Crippen LogP contribution is 2.43. The van der Waals surface area contributed by atoms with Crippen LogP contribution in [0, 0.1) is 17.8 Å². The van der Waals surface area contributed by atoms with Gasteiger partial charge in [0.2, 0.25) is 0 Å². The molecule has 0 radical (unpaired) electrons. The van der Waals surface area contributed by atoms with E-state index in [4.69, 9.17) is 4.74 Å². The molecule has 1 unspecified atom stereocenters. The van der Waals surface area contributed by atoms with E-state index in [0.29, 0.717) is 11.8 Å². The summed E-state index contributed by atoms with van der Waals surface area (Å²) < 4.78 is 4.97. The second-order valence-corrected chi connectivity index (χ2v) is 3.99. The summed E-state index contributed by atoms with van der Waals surface area (Å²) >= 11 is 0. The lowest BCUT2D eigenvalue weighted by Crippen LogP contribution is -2.28. The largest absolute Gasteiger partial charge is 0.434 e. The van der Waals surface area contributed by atoms with Crippen LogP contribution in [0.5, 0.6) is 0 Å². The van der Waals surface area contributed by atoms with Gasteiger partial charge in [0, 0.05) is 0 Å². The molecule has 2 rings (SSSR count). The number of carbonyl (C=O) groups excluding carboxylic acids is 1. The van der Waals surface area contributed by atoms with E-state index in [1.54, 1.807) is 6.26 Å². The average molecular weight is 166 g/mol. The van der Waals surface area contributed by atoms with Crippen LogP contribution in [0.15, 0.2) is 11.8 Å². The Morgan fingerprint density at radius 3 is 2.92 bits per heavy atom. The summed E-state index contributed by atoms with van der Waals surface area (Å²) in [5.41, 5.74) is 1.24. The van der Waals surface area contributed by atoms with Crippen LogP contribution in [0.3, 0.4) is 0 Å². The Morgan fingerprint density at radius 1 is 1.50 bits per heavy atom. The molecule has 0 saturated heterocycles. The minimum absolute atomic E-state index is 0.0180. The Hall–Kier alpha value is -0.790. The fourth-order valence-corrected chi connectivity index (χ4v) is 2.42. The molecule has 1 fully saturated rings. The first kappa shape index (κ1) is 7.84. The first-order valence-corrected chi connectivity index (χ1v) is 4.57. The summed E-state index contributed by atoms with van der Waals surface area (Å²) in [4.78, 5) is 11.4. The van der Waals surface area contributed by atoms with E-state index in [1.807, 2.05) is 0 Å². The van der Waals surface area contributed by atoms with Crippen molar-refractivity contribution in [3.05, 3.63) is 11.8 Å². The molecule has 0 aromatic heterocycles. The Kier molecular flexibility index (Phi) is 1.71. The van der Waals surface area contributed by atoms with Gasteiger partial charge < -0.3 is 4.74 Å². The standard InChI is InChI=1S/C10H14O2/c1-6-3-4-8-7(2)5-12-10(11)9(6)8/h5-6,8-9H,3-4H2,1-2H3/t6-,8?,9-/m0/s1. The summed E-state index contributed by atoms with van der Waals surface area (Å²) in [7, 11) is 0. The highest BCUT2D eigenvalue weighted by atomic mass is 16.5. The van der Waals surface area contributed by atoms with Gasteiger partial charge in [-0.1, -0.05) is 6.92 Å². The lowest BCUT2D eigenvalue weighted by Gasteiger charge is -2.25. The van der Waals surface area contributed by atoms with Crippen LogP contribution in [-0.4, -0.2) is 5.97 Å². The van der Waals surface area contributed by atoms with Crippen molar-refractivity contribution in [2.24, 2.45) is 17.8 Å². The maximum Gasteiger partial charge on any atom is 0.314 e. The molecule has 0 aromatic carbocycles. The molecule has 1 saturated carbocycles. The van der Waals surface area contributed by atoms with Crippen molar-refractivity contribution in [2.45, 2.75) is 26.7 Å². The topological polar surface area (TPSA) is 26.3 Å². The van der Waals surface area contributed by atoms with E-state index in [9.17, 15) is 4.79 Å². The maximum absolute atomic E-state index is 11.4. The highest BCUT2D eigenvalue weighted by molar-refractivity contribution is 5.75. The minimum atomic E-state index is -0.0180. The number of esters is 1. The van der Waals surface area contributed by atoms with E-state index in [1.165, 1.54) is 5.57 Å². The van der Waals surface area contributed by atoms with Gasteiger partial charge in [0.1, 0.15) is 0 Å². The molecule has 2 nitrogen and oxygen atoms in total. The Morgan fingerprint density at radius 2 is 2.25 bits per heavy atom. The molecule has 1 heterocycles. The van der Waals surface area contributed by atoms with E-state index in [2.05, 4.69) is 13.8 Å². The summed E-state index contributed by atoms with van der Waals surface area (Å²) in [5.74, 6) is 1.11. The Labute approximate surface area is 72.6 Å². The van der Waals surface area contributed by atoms with Crippen molar-refractivity contribution in [1.82, 2.24) is 0 Å². The average Bonchev–Trinajstić information content (AvgIpc) is 2.42. The third-order valence-corrected chi connectivity index (χ3v) is 3.20. The first-order chi connectivity index (χ1) is 5.70. The normalized spacial score (nSPS) is 40.3. The summed E-state index contributed by atoms with van der Waals surface area (Å²) in [6, 6.07) is 0. The van der Waals surface area contributed by atoms with E-state index in [-0.39, 0.29) is 11.9 Å². The van der Waals surface area contributed by atoms with Gasteiger partial charge >= 0.3 is 5.97 Å². The molecule has 66 valence electrons. The highest BCUT2D eigenvalue weighted by Gasteiger charge is 2.42. The molecule has 0 bridgehead atoms. The van der Waals surface area contributed by atoms with Crippen LogP contribution in [0.4, 0.5) is 0 Å². The smallest absolute Gasteiger partial charge is 0.314 e. The lowest BCUT2D eigenvalue weighted by atomic mass is 9.85. The third-order valence-electron chi connectivity index (χ3n) is 3.20. The fraction of sp³-hybridized carbons (Fsp3) is 0.700. The summed E-state index contributed by atoms with van der Waals surface area (Å²) in [5, 5.41) is 0. The predicted octanol–water partition coefficient (Wildman–Crippen LogP) is 2.11. The van der Waals surface area contributed by atoms with Crippen molar-refractivity contribution >= 4 is 5.97 Å². The first-order valence-electron chi connectivity index (χ1n) is 4.57. The number of carbonyl (C=O) groups is 1. The number of hydrogen-bond donors (Lipinski definition) is 0. The molecular formula is C10H14O2. The summed E-state index contributed by atoms with van der Waals surface area (Å²) in [6.45, 7) is 4.20. The molecule has 2 heteroatoms. The zero-order valence-corrected chi connectivity index (χ0v) is 7.54. The quantitative estimate of drug-likeness (QED) is 0.515. The maximum atomic E-state index is 11.4. The minimum Gasteiger partial charge on any atom is -0.434 e. The molecule has 2 aliphatic rings. The van der Waals surface area contributed by atoms with Gasteiger partial charge in [-0.3, -0.25) is 4.79 Å². The second-order valence-electron chi connectivity index (χ2n) is 3.99. The molecule has 3 atom stereocenters. The van der Waals surface area contributed by atoms with Crippen molar-refractivity contribution in [1.29, 1.82) is 0 Å². The van der Waals surface area contributed by atoms with Gasteiger partial charge in [-0.25, -0.2) is 0 Å². The van der Waals surface area contributed by atoms with E-state index < -0.39 is 0 Å². The van der Waals surface area contributed by atoms with E-state index in [0.717, 1.165) is 12.8 Å². The lowest BCUT2D eigenvalue weighted by molar-refractivity contribution is -0.146. The number of ether oxygens (including phenoxy) is 1. The van der Waals surface area contributed by atoms with Crippen molar-refractivity contribution in [2.75, 3.05) is 0 Å². The Balaban J connectivity index is 2.29. The number of hydrogen-bond acceptors (Lipinski definition) is 2. The van der Waals surface area contributed by atoms with Crippen molar-refractivity contribution < 1.29 is 9.53 Å². The molecule has 0 N–H and O–H groups in total. The summed E-state index contributed by atoms with van der Waals surface area (Å²) in [6.07, 6.45) is 3.94. The van der Waals surface area contributed by atoms with Gasteiger partial charge in [-0.15, -0.1) is 0 Å². The van der Waals surface area contributed by atoms with Crippen molar-refractivity contribution in [3.8, 4) is 0 Å².